The first-order valence-electron chi connectivity index (χ1n) is 8.92. The summed E-state index contributed by atoms with van der Waals surface area (Å²) in [6, 6.07) is 7.22. The summed E-state index contributed by atoms with van der Waals surface area (Å²) in [6.45, 7) is 0. The Bertz CT molecular complexity index is 599. The molecule has 2 fully saturated rings. The van der Waals surface area contributed by atoms with Crippen LogP contribution in [0.25, 0.3) is 0 Å². The van der Waals surface area contributed by atoms with E-state index < -0.39 is 18.0 Å². The van der Waals surface area contributed by atoms with E-state index in [1.165, 1.54) is 64.2 Å². The second-order valence-electron chi connectivity index (χ2n) is 6.93. The van der Waals surface area contributed by atoms with Gasteiger partial charge >= 0.3 is 0 Å². The van der Waals surface area contributed by atoms with Gasteiger partial charge in [0.15, 0.2) is 0 Å². The summed E-state index contributed by atoms with van der Waals surface area (Å²) in [4.78, 5) is 0.169. The fraction of sp³-hybridized carbons (Fsp3) is 0.667. The summed E-state index contributed by atoms with van der Waals surface area (Å²) < 4.78 is 33.5. The van der Waals surface area contributed by atoms with Gasteiger partial charge in [-0.15, -0.1) is 0 Å². The second kappa shape index (κ2) is 7.63. The molecule has 0 saturated heterocycles. The van der Waals surface area contributed by atoms with Gasteiger partial charge in [-0.1, -0.05) is 64.6 Å². The summed E-state index contributed by atoms with van der Waals surface area (Å²) in [6.07, 6.45) is 12.6. The summed E-state index contributed by atoms with van der Waals surface area (Å²) in [5.74, 6) is 0. The fourth-order valence-corrected chi connectivity index (χ4v) is 9.36. The standard InChI is InChI=1S/C18H27O3PS/c19-23(20,21)18-14-8-7-13-17(18)22(15-9-3-1-4-10-15)16-11-5-2-6-12-16/h7-8,13-16H,1-6,9-12H2,(H,19,20,21). The molecule has 0 unspecified atom stereocenters. The normalized spacial score (nSPS) is 21.7. The SMILES string of the molecule is O=S(=O)(O)c1ccccc1P(C1CCCCC1)C1CCCCC1. The van der Waals surface area contributed by atoms with E-state index in [9.17, 15) is 13.0 Å². The molecule has 2 aliphatic rings. The predicted molar refractivity (Wildman–Crippen MR) is 96.6 cm³/mol. The lowest BCUT2D eigenvalue weighted by Gasteiger charge is -2.39. The van der Waals surface area contributed by atoms with Crippen LogP contribution in [0.3, 0.4) is 0 Å². The third-order valence-electron chi connectivity index (χ3n) is 5.36. The van der Waals surface area contributed by atoms with Crippen molar-refractivity contribution >= 4 is 23.3 Å². The minimum absolute atomic E-state index is 0.169. The first-order chi connectivity index (χ1) is 11.1. The molecule has 0 spiro atoms. The molecule has 3 nitrogen and oxygen atoms in total. The Morgan fingerprint density at radius 3 is 1.78 bits per heavy atom. The molecule has 1 aromatic rings. The van der Waals surface area contributed by atoms with Crippen LogP contribution < -0.4 is 5.30 Å². The lowest BCUT2D eigenvalue weighted by Crippen LogP contribution is -2.28. The maximum absolute atomic E-state index is 11.9. The van der Waals surface area contributed by atoms with Gasteiger partial charge in [0.1, 0.15) is 4.90 Å². The van der Waals surface area contributed by atoms with Crippen LogP contribution in [0.2, 0.25) is 0 Å². The summed E-state index contributed by atoms with van der Waals surface area (Å²) in [7, 11) is -4.66. The number of hydrogen-bond acceptors (Lipinski definition) is 2. The Balaban J connectivity index is 2.00. The molecule has 2 aliphatic carbocycles. The third kappa shape index (κ3) is 4.15. The molecule has 1 N–H and O–H groups in total. The zero-order valence-corrected chi connectivity index (χ0v) is 15.4. The Morgan fingerprint density at radius 2 is 1.30 bits per heavy atom. The smallest absolute Gasteiger partial charge is 0.282 e. The third-order valence-corrected chi connectivity index (χ3v) is 9.97. The maximum atomic E-state index is 11.9. The van der Waals surface area contributed by atoms with E-state index in [1.807, 2.05) is 12.1 Å². The molecule has 3 rings (SSSR count). The molecule has 0 aromatic heterocycles. The Morgan fingerprint density at radius 1 is 0.826 bits per heavy atom. The van der Waals surface area contributed by atoms with Crippen molar-refractivity contribution in [3.63, 3.8) is 0 Å². The summed E-state index contributed by atoms with van der Waals surface area (Å²) in [5, 5.41) is 0.934. The highest BCUT2D eigenvalue weighted by atomic mass is 32.2. The van der Waals surface area contributed by atoms with E-state index in [4.69, 9.17) is 0 Å². The van der Waals surface area contributed by atoms with E-state index >= 15 is 0 Å². The van der Waals surface area contributed by atoms with Crippen molar-refractivity contribution in [2.75, 3.05) is 0 Å². The molecule has 0 heterocycles. The Labute approximate surface area is 141 Å². The molecule has 5 heteroatoms. The van der Waals surface area contributed by atoms with Crippen LogP contribution in [-0.2, 0) is 10.1 Å². The van der Waals surface area contributed by atoms with Gasteiger partial charge in [0.2, 0.25) is 0 Å². The van der Waals surface area contributed by atoms with Crippen LogP contribution in [-0.4, -0.2) is 24.3 Å². The molecule has 0 amide bonds. The van der Waals surface area contributed by atoms with Gasteiger partial charge in [0.05, 0.1) is 0 Å². The van der Waals surface area contributed by atoms with Crippen molar-refractivity contribution in [3.05, 3.63) is 24.3 Å². The topological polar surface area (TPSA) is 54.4 Å². The van der Waals surface area contributed by atoms with E-state index in [1.54, 1.807) is 12.1 Å². The minimum atomic E-state index is -4.14. The molecule has 1 aromatic carbocycles. The van der Waals surface area contributed by atoms with Crippen LogP contribution in [0.4, 0.5) is 0 Å². The van der Waals surface area contributed by atoms with Gasteiger partial charge < -0.3 is 0 Å². The summed E-state index contributed by atoms with van der Waals surface area (Å²) >= 11 is 0. The van der Waals surface area contributed by atoms with E-state index in [-0.39, 0.29) is 4.90 Å². The molecule has 128 valence electrons. The van der Waals surface area contributed by atoms with Gasteiger partial charge in [0, 0.05) is 0 Å². The highest BCUT2D eigenvalue weighted by molar-refractivity contribution is 7.86. The van der Waals surface area contributed by atoms with Crippen LogP contribution in [0.1, 0.15) is 64.2 Å². The zero-order valence-electron chi connectivity index (χ0n) is 13.7. The van der Waals surface area contributed by atoms with Crippen molar-refractivity contribution in [2.24, 2.45) is 0 Å². The molecule has 0 radical (unpaired) electrons. The zero-order chi connectivity index (χ0) is 16.3. The lowest BCUT2D eigenvalue weighted by molar-refractivity contribution is 0.482. The number of rotatable bonds is 4. The molecular formula is C18H27O3PS. The van der Waals surface area contributed by atoms with Crippen LogP contribution in [0.5, 0.6) is 0 Å². The lowest BCUT2D eigenvalue weighted by atomic mass is 9.99. The van der Waals surface area contributed by atoms with Crippen molar-refractivity contribution in [3.8, 4) is 0 Å². The van der Waals surface area contributed by atoms with Crippen molar-refractivity contribution in [1.29, 1.82) is 0 Å². The average Bonchev–Trinajstić information content (AvgIpc) is 2.57. The molecule has 0 bridgehead atoms. The van der Waals surface area contributed by atoms with Crippen LogP contribution in [0.15, 0.2) is 29.2 Å². The fourth-order valence-electron chi connectivity index (χ4n) is 4.30. The maximum Gasteiger partial charge on any atom is 0.295 e. The first-order valence-corrected chi connectivity index (χ1v) is 11.8. The van der Waals surface area contributed by atoms with Crippen LogP contribution in [0, 0.1) is 0 Å². The molecule has 2 saturated carbocycles. The quantitative estimate of drug-likeness (QED) is 0.629. The average molecular weight is 354 g/mol. The van der Waals surface area contributed by atoms with Gasteiger partial charge in [-0.05, 0) is 48.4 Å². The molecular weight excluding hydrogens is 327 g/mol. The van der Waals surface area contributed by atoms with E-state index in [0.29, 0.717) is 11.3 Å². The minimum Gasteiger partial charge on any atom is -0.282 e. The first kappa shape index (κ1) is 17.4. The largest absolute Gasteiger partial charge is 0.295 e. The van der Waals surface area contributed by atoms with Crippen molar-refractivity contribution < 1.29 is 13.0 Å². The van der Waals surface area contributed by atoms with Gasteiger partial charge in [-0.2, -0.15) is 8.42 Å². The van der Waals surface area contributed by atoms with E-state index in [2.05, 4.69) is 0 Å². The Hall–Kier alpha value is -0.440. The molecule has 23 heavy (non-hydrogen) atoms. The monoisotopic (exact) mass is 354 g/mol. The molecule has 0 atom stereocenters. The van der Waals surface area contributed by atoms with Gasteiger partial charge in [-0.25, -0.2) is 0 Å². The number of benzene rings is 1. The second-order valence-corrected chi connectivity index (χ2v) is 11.1. The number of hydrogen-bond donors (Lipinski definition) is 1. The van der Waals surface area contributed by atoms with Crippen molar-refractivity contribution in [1.82, 2.24) is 0 Å². The highest BCUT2D eigenvalue weighted by Crippen LogP contribution is 2.55. The Kier molecular flexibility index (Phi) is 5.77. The summed E-state index contributed by atoms with van der Waals surface area (Å²) in [5.41, 5.74) is 1.26. The van der Waals surface area contributed by atoms with Gasteiger partial charge in [0.25, 0.3) is 10.1 Å². The van der Waals surface area contributed by atoms with E-state index in [0.717, 1.165) is 5.30 Å². The predicted octanol–water partition coefficient (Wildman–Crippen LogP) is 4.71. The molecule has 0 aliphatic heterocycles. The van der Waals surface area contributed by atoms with Gasteiger partial charge in [-0.3, -0.25) is 4.55 Å². The van der Waals surface area contributed by atoms with Crippen molar-refractivity contribution in [2.45, 2.75) is 80.4 Å². The van der Waals surface area contributed by atoms with Crippen LogP contribution >= 0.6 is 7.92 Å². The highest BCUT2D eigenvalue weighted by Gasteiger charge is 2.35.